The third-order valence-electron chi connectivity index (χ3n) is 6.12. The minimum atomic E-state index is 0.519. The number of anilines is 1. The molecule has 6 heteroatoms. The Bertz CT molecular complexity index is 999. The number of rotatable bonds is 3. The summed E-state index contributed by atoms with van der Waals surface area (Å²) in [6.45, 7) is 6.42. The smallest absolute Gasteiger partial charge is 0.136 e. The van der Waals surface area contributed by atoms with Crippen molar-refractivity contribution in [2.45, 2.75) is 51.5 Å². The lowest BCUT2D eigenvalue weighted by Gasteiger charge is -2.35. The van der Waals surface area contributed by atoms with Crippen LogP contribution in [0.15, 0.2) is 29.0 Å². The molecule has 2 fully saturated rings. The first-order valence-electron chi connectivity index (χ1n) is 9.82. The van der Waals surface area contributed by atoms with Crippen LogP contribution < -0.4 is 4.90 Å². The molecule has 5 nitrogen and oxygen atoms in total. The molecule has 0 unspecified atom stereocenters. The average molecular weight is 426 g/mol. The highest BCUT2D eigenvalue weighted by atomic mass is 79.9. The summed E-state index contributed by atoms with van der Waals surface area (Å²) in [6, 6.07) is 7.05. The molecule has 1 saturated heterocycles. The van der Waals surface area contributed by atoms with Crippen molar-refractivity contribution in [3.05, 3.63) is 46.1 Å². The van der Waals surface area contributed by atoms with Crippen LogP contribution in [-0.4, -0.2) is 32.8 Å². The molecular formula is C21H24BrN5. The highest BCUT2D eigenvalue weighted by Gasteiger charge is 2.31. The number of hydrogen-bond donors (Lipinski definition) is 0. The Labute approximate surface area is 167 Å². The Kier molecular flexibility index (Phi) is 4.19. The number of hydrogen-bond acceptors (Lipinski definition) is 4. The number of aryl methyl sites for hydroxylation is 1. The maximum atomic E-state index is 4.80. The fourth-order valence-electron chi connectivity index (χ4n) is 4.38. The summed E-state index contributed by atoms with van der Waals surface area (Å²) in [5.74, 6) is 1.72. The van der Waals surface area contributed by atoms with Crippen molar-refractivity contribution in [1.82, 2.24) is 19.7 Å². The monoisotopic (exact) mass is 425 g/mol. The molecule has 5 rings (SSSR count). The number of piperidine rings is 1. The maximum Gasteiger partial charge on any atom is 0.136 e. The fourth-order valence-corrected chi connectivity index (χ4v) is 4.74. The van der Waals surface area contributed by atoms with Crippen LogP contribution in [0.4, 0.5) is 5.69 Å². The fraction of sp³-hybridized carbons (Fsp3) is 0.476. The first kappa shape index (κ1) is 17.2. The van der Waals surface area contributed by atoms with Crippen molar-refractivity contribution in [3.8, 4) is 0 Å². The molecule has 0 radical (unpaired) electrons. The van der Waals surface area contributed by atoms with E-state index >= 15 is 0 Å². The molecule has 1 saturated carbocycles. The van der Waals surface area contributed by atoms with E-state index in [1.54, 1.807) is 0 Å². The molecule has 0 N–H and O–H groups in total. The first-order valence-corrected chi connectivity index (χ1v) is 10.6. The van der Waals surface area contributed by atoms with Gasteiger partial charge in [0.05, 0.1) is 11.2 Å². The molecule has 1 aliphatic carbocycles. The summed E-state index contributed by atoms with van der Waals surface area (Å²) in [7, 11) is 0. The van der Waals surface area contributed by atoms with Crippen molar-refractivity contribution in [1.29, 1.82) is 0 Å². The third-order valence-corrected chi connectivity index (χ3v) is 6.61. The molecule has 3 heterocycles. The zero-order valence-electron chi connectivity index (χ0n) is 15.8. The van der Waals surface area contributed by atoms with E-state index in [9.17, 15) is 0 Å². The Morgan fingerprint density at radius 1 is 1.07 bits per heavy atom. The normalized spacial score (nSPS) is 18.4. The van der Waals surface area contributed by atoms with E-state index in [-0.39, 0.29) is 0 Å². The van der Waals surface area contributed by atoms with Gasteiger partial charge in [-0.15, -0.1) is 10.2 Å². The summed E-state index contributed by atoms with van der Waals surface area (Å²) in [5.41, 5.74) is 4.84. The Hall–Kier alpha value is -1.95. The van der Waals surface area contributed by atoms with E-state index < -0.39 is 0 Å². The van der Waals surface area contributed by atoms with E-state index in [1.807, 2.05) is 6.33 Å². The largest absolute Gasteiger partial charge is 0.371 e. The lowest BCUT2D eigenvalue weighted by Crippen LogP contribution is -2.34. The molecule has 3 aromatic rings. The van der Waals surface area contributed by atoms with Crippen LogP contribution in [0.2, 0.25) is 0 Å². The molecule has 2 aliphatic rings. The van der Waals surface area contributed by atoms with Crippen LogP contribution in [0, 0.1) is 13.8 Å². The van der Waals surface area contributed by atoms with Gasteiger partial charge in [-0.05, 0) is 63.3 Å². The van der Waals surface area contributed by atoms with Gasteiger partial charge in [0.25, 0.3) is 0 Å². The van der Waals surface area contributed by atoms with Crippen LogP contribution in [0.3, 0.4) is 0 Å². The second-order valence-corrected chi connectivity index (χ2v) is 8.84. The molecule has 0 amide bonds. The lowest BCUT2D eigenvalue weighted by molar-refractivity contribution is 0.465. The average Bonchev–Trinajstić information content (AvgIpc) is 3.40. The Morgan fingerprint density at radius 2 is 1.85 bits per heavy atom. The number of halogens is 1. The summed E-state index contributed by atoms with van der Waals surface area (Å²) in [4.78, 5) is 7.34. The summed E-state index contributed by atoms with van der Waals surface area (Å²) >= 11 is 3.63. The highest BCUT2D eigenvalue weighted by molar-refractivity contribution is 9.10. The first-order chi connectivity index (χ1) is 13.1. The molecular weight excluding hydrogens is 402 g/mol. The minimum Gasteiger partial charge on any atom is -0.371 e. The molecule has 0 spiro atoms. The molecule has 27 heavy (non-hydrogen) atoms. The molecule has 1 aliphatic heterocycles. The van der Waals surface area contributed by atoms with Crippen molar-refractivity contribution < 1.29 is 0 Å². The summed E-state index contributed by atoms with van der Waals surface area (Å²) in [6.07, 6.45) is 6.74. The zero-order chi connectivity index (χ0) is 18.5. The van der Waals surface area contributed by atoms with Crippen LogP contribution >= 0.6 is 15.9 Å². The molecule has 1 aromatic carbocycles. The standard InChI is InChI=1S/C21H24BrN5/c1-13-14(2)24-19-6-3-16(22)11-18(19)20(13)26-9-7-15(8-10-26)21-25-23-12-27(21)17-4-5-17/h3,6,11-12,15,17H,4-5,7-10H2,1-2H3. The number of benzene rings is 1. The van der Waals surface area contributed by atoms with E-state index in [2.05, 4.69) is 67.6 Å². The van der Waals surface area contributed by atoms with E-state index in [0.717, 1.165) is 41.6 Å². The van der Waals surface area contributed by atoms with Crippen LogP contribution in [-0.2, 0) is 0 Å². The van der Waals surface area contributed by atoms with Crippen molar-refractivity contribution in [3.63, 3.8) is 0 Å². The zero-order valence-corrected chi connectivity index (χ0v) is 17.4. The second kappa shape index (κ2) is 6.59. The minimum absolute atomic E-state index is 0.519. The highest BCUT2D eigenvalue weighted by Crippen LogP contribution is 2.40. The van der Waals surface area contributed by atoms with Crippen LogP contribution in [0.5, 0.6) is 0 Å². The number of fused-ring (bicyclic) bond motifs is 1. The van der Waals surface area contributed by atoms with Gasteiger partial charge in [0.2, 0.25) is 0 Å². The van der Waals surface area contributed by atoms with E-state index in [1.165, 1.54) is 35.3 Å². The number of nitrogens with zero attached hydrogens (tertiary/aromatic N) is 5. The predicted molar refractivity (Wildman–Crippen MR) is 111 cm³/mol. The van der Waals surface area contributed by atoms with Gasteiger partial charge in [0.1, 0.15) is 12.2 Å². The second-order valence-electron chi connectivity index (χ2n) is 7.92. The summed E-state index contributed by atoms with van der Waals surface area (Å²) in [5, 5.41) is 9.91. The quantitative estimate of drug-likeness (QED) is 0.596. The van der Waals surface area contributed by atoms with Gasteiger partial charge in [-0.2, -0.15) is 0 Å². The molecule has 0 atom stereocenters. The van der Waals surface area contributed by atoms with Gasteiger partial charge in [-0.3, -0.25) is 4.98 Å². The van der Waals surface area contributed by atoms with Gasteiger partial charge in [0, 0.05) is 40.6 Å². The van der Waals surface area contributed by atoms with Crippen molar-refractivity contribution >= 4 is 32.5 Å². The third kappa shape index (κ3) is 3.04. The van der Waals surface area contributed by atoms with Crippen molar-refractivity contribution in [2.24, 2.45) is 0 Å². The maximum absolute atomic E-state index is 4.80. The van der Waals surface area contributed by atoms with Crippen molar-refractivity contribution in [2.75, 3.05) is 18.0 Å². The molecule has 140 valence electrons. The van der Waals surface area contributed by atoms with Gasteiger partial charge in [0.15, 0.2) is 0 Å². The van der Waals surface area contributed by atoms with Gasteiger partial charge in [-0.25, -0.2) is 0 Å². The van der Waals surface area contributed by atoms with Gasteiger partial charge in [-0.1, -0.05) is 15.9 Å². The van der Waals surface area contributed by atoms with E-state index in [4.69, 9.17) is 4.98 Å². The molecule has 0 bridgehead atoms. The Morgan fingerprint density at radius 3 is 2.59 bits per heavy atom. The van der Waals surface area contributed by atoms with Crippen LogP contribution in [0.25, 0.3) is 10.9 Å². The SMILES string of the molecule is Cc1nc2ccc(Br)cc2c(N2CCC(c3nncn3C3CC3)CC2)c1C. The van der Waals surface area contributed by atoms with Gasteiger partial charge >= 0.3 is 0 Å². The van der Waals surface area contributed by atoms with Gasteiger partial charge < -0.3 is 9.47 Å². The van der Waals surface area contributed by atoms with Crippen LogP contribution in [0.1, 0.15) is 54.7 Å². The predicted octanol–water partition coefficient (Wildman–Crippen LogP) is 4.92. The van der Waals surface area contributed by atoms with E-state index in [0.29, 0.717) is 12.0 Å². The topological polar surface area (TPSA) is 46.8 Å². The number of pyridine rings is 1. The Balaban J connectivity index is 1.45. The summed E-state index contributed by atoms with van der Waals surface area (Å²) < 4.78 is 3.43. The number of aromatic nitrogens is 4. The molecule has 2 aromatic heterocycles. The lowest BCUT2D eigenvalue weighted by atomic mass is 9.94.